The average molecular weight is 238 g/mol. The smallest absolute Gasteiger partial charge is 0.244 e. The van der Waals surface area contributed by atoms with Crippen molar-refractivity contribution in [3.63, 3.8) is 0 Å². The Hall–Kier alpha value is -0.900. The molecule has 17 heavy (non-hydrogen) atoms. The number of nitrogens with zero attached hydrogens (tertiary/aromatic N) is 2. The van der Waals surface area contributed by atoms with E-state index in [4.69, 9.17) is 9.15 Å². The fourth-order valence-corrected chi connectivity index (χ4v) is 2.09. The van der Waals surface area contributed by atoms with Crippen LogP contribution in [0.2, 0.25) is 0 Å². The van der Waals surface area contributed by atoms with Crippen LogP contribution in [-0.4, -0.2) is 16.8 Å². The van der Waals surface area contributed by atoms with Gasteiger partial charge in [-0.05, 0) is 31.6 Å². The molecule has 0 aromatic carbocycles. The van der Waals surface area contributed by atoms with Gasteiger partial charge in [-0.1, -0.05) is 20.8 Å². The molecule has 96 valence electrons. The summed E-state index contributed by atoms with van der Waals surface area (Å²) in [5.41, 5.74) is 0. The molecule has 1 atom stereocenters. The highest BCUT2D eigenvalue weighted by atomic mass is 16.5. The van der Waals surface area contributed by atoms with Crippen LogP contribution in [0.3, 0.4) is 0 Å². The molecule has 0 N–H and O–H groups in total. The van der Waals surface area contributed by atoms with Crippen molar-refractivity contribution >= 4 is 0 Å². The normalized spacial score (nSPS) is 25.9. The molecule has 0 unspecified atom stereocenters. The molecule has 0 saturated heterocycles. The Labute approximate surface area is 103 Å². The molecule has 1 saturated carbocycles. The molecule has 4 heteroatoms. The van der Waals surface area contributed by atoms with Crippen LogP contribution in [0.4, 0.5) is 0 Å². The second-order valence-corrected chi connectivity index (χ2v) is 5.62. The van der Waals surface area contributed by atoms with Gasteiger partial charge in [-0.2, -0.15) is 0 Å². The molecule has 4 nitrogen and oxygen atoms in total. The molecule has 0 spiro atoms. The Morgan fingerprint density at radius 3 is 2.59 bits per heavy atom. The molecule has 0 aliphatic heterocycles. The van der Waals surface area contributed by atoms with E-state index in [-0.39, 0.29) is 6.10 Å². The maximum absolute atomic E-state index is 5.68. The second kappa shape index (κ2) is 5.17. The van der Waals surface area contributed by atoms with Crippen LogP contribution in [0.1, 0.15) is 64.3 Å². The summed E-state index contributed by atoms with van der Waals surface area (Å²) in [4.78, 5) is 0. The first kappa shape index (κ1) is 12.6. The van der Waals surface area contributed by atoms with E-state index in [1.807, 2.05) is 6.92 Å². The fraction of sp³-hybridized carbons (Fsp3) is 0.846. The van der Waals surface area contributed by atoms with Crippen LogP contribution in [-0.2, 0) is 4.74 Å². The topological polar surface area (TPSA) is 48.2 Å². The maximum Gasteiger partial charge on any atom is 0.244 e. The zero-order chi connectivity index (χ0) is 12.4. The van der Waals surface area contributed by atoms with Gasteiger partial charge in [0, 0.05) is 12.5 Å². The molecule has 0 radical (unpaired) electrons. The van der Waals surface area contributed by atoms with E-state index in [0.717, 1.165) is 18.4 Å². The highest BCUT2D eigenvalue weighted by Crippen LogP contribution is 2.40. The van der Waals surface area contributed by atoms with Gasteiger partial charge < -0.3 is 9.15 Å². The molecule has 1 aromatic rings. The molecule has 1 fully saturated rings. The standard InChI is InChI=1S/C13H22N2O2/c1-8(2)7-16-10(4)12-14-15-13(17-12)11-5-9(3)6-11/h8-11H,5-7H2,1-4H3/t9?,10-,11?/m1/s1. The zero-order valence-electron chi connectivity index (χ0n) is 11.1. The molecule has 1 aromatic heterocycles. The van der Waals surface area contributed by atoms with Gasteiger partial charge in [-0.3, -0.25) is 0 Å². The van der Waals surface area contributed by atoms with Crippen molar-refractivity contribution in [1.29, 1.82) is 0 Å². The number of rotatable bonds is 5. The first-order valence-electron chi connectivity index (χ1n) is 6.51. The van der Waals surface area contributed by atoms with Crippen LogP contribution in [0.25, 0.3) is 0 Å². The molecule has 1 aliphatic rings. The third-order valence-electron chi connectivity index (χ3n) is 3.21. The Kier molecular flexibility index (Phi) is 3.82. The highest BCUT2D eigenvalue weighted by molar-refractivity contribution is 4.99. The van der Waals surface area contributed by atoms with Crippen molar-refractivity contribution in [3.05, 3.63) is 11.8 Å². The summed E-state index contributed by atoms with van der Waals surface area (Å²) >= 11 is 0. The monoisotopic (exact) mass is 238 g/mol. The van der Waals surface area contributed by atoms with Crippen molar-refractivity contribution in [2.24, 2.45) is 11.8 Å². The van der Waals surface area contributed by atoms with Crippen LogP contribution < -0.4 is 0 Å². The van der Waals surface area contributed by atoms with Gasteiger partial charge >= 0.3 is 0 Å². The minimum Gasteiger partial charge on any atom is -0.422 e. The molecule has 2 rings (SSSR count). The van der Waals surface area contributed by atoms with Crippen LogP contribution in [0, 0.1) is 11.8 Å². The van der Waals surface area contributed by atoms with Gasteiger partial charge in [0.25, 0.3) is 0 Å². The molecule has 1 aliphatic carbocycles. The zero-order valence-corrected chi connectivity index (χ0v) is 11.1. The van der Waals surface area contributed by atoms with Gasteiger partial charge in [-0.15, -0.1) is 10.2 Å². The summed E-state index contributed by atoms with van der Waals surface area (Å²) in [6.07, 6.45) is 2.24. The van der Waals surface area contributed by atoms with Crippen molar-refractivity contribution in [1.82, 2.24) is 10.2 Å². The fourth-order valence-electron chi connectivity index (χ4n) is 2.09. The first-order valence-corrected chi connectivity index (χ1v) is 6.51. The Balaban J connectivity index is 1.89. The largest absolute Gasteiger partial charge is 0.422 e. The van der Waals surface area contributed by atoms with Crippen molar-refractivity contribution < 1.29 is 9.15 Å². The number of hydrogen-bond acceptors (Lipinski definition) is 4. The van der Waals surface area contributed by atoms with Gasteiger partial charge in [0.2, 0.25) is 11.8 Å². The van der Waals surface area contributed by atoms with E-state index in [1.165, 1.54) is 12.8 Å². The van der Waals surface area contributed by atoms with Gasteiger partial charge in [0.1, 0.15) is 6.10 Å². The molecule has 0 amide bonds. The highest BCUT2D eigenvalue weighted by Gasteiger charge is 2.31. The number of hydrogen-bond donors (Lipinski definition) is 0. The minimum atomic E-state index is -0.101. The lowest BCUT2D eigenvalue weighted by molar-refractivity contribution is 0.0288. The van der Waals surface area contributed by atoms with Crippen molar-refractivity contribution in [3.8, 4) is 0 Å². The van der Waals surface area contributed by atoms with Gasteiger partial charge in [0.15, 0.2) is 0 Å². The predicted molar refractivity (Wildman–Crippen MR) is 64.6 cm³/mol. The van der Waals surface area contributed by atoms with E-state index in [9.17, 15) is 0 Å². The molecular weight excluding hydrogens is 216 g/mol. The summed E-state index contributed by atoms with van der Waals surface area (Å²) in [6.45, 7) is 9.19. The summed E-state index contributed by atoms with van der Waals surface area (Å²) < 4.78 is 11.3. The summed E-state index contributed by atoms with van der Waals surface area (Å²) in [6, 6.07) is 0. The van der Waals surface area contributed by atoms with Crippen LogP contribution in [0.5, 0.6) is 0 Å². The number of ether oxygens (including phenoxy) is 1. The lowest BCUT2D eigenvalue weighted by Gasteiger charge is -2.29. The van der Waals surface area contributed by atoms with Gasteiger partial charge in [0.05, 0.1) is 0 Å². The van der Waals surface area contributed by atoms with E-state index < -0.39 is 0 Å². The van der Waals surface area contributed by atoms with Crippen LogP contribution >= 0.6 is 0 Å². The lowest BCUT2D eigenvalue weighted by Crippen LogP contribution is -2.19. The Morgan fingerprint density at radius 1 is 1.29 bits per heavy atom. The first-order chi connectivity index (χ1) is 8.06. The average Bonchev–Trinajstić information content (AvgIpc) is 2.70. The summed E-state index contributed by atoms with van der Waals surface area (Å²) in [5.74, 6) is 3.19. The third kappa shape index (κ3) is 3.06. The predicted octanol–water partition coefficient (Wildman–Crippen LogP) is 3.32. The third-order valence-corrected chi connectivity index (χ3v) is 3.21. The van der Waals surface area contributed by atoms with Crippen LogP contribution in [0.15, 0.2) is 4.42 Å². The van der Waals surface area contributed by atoms with Crippen molar-refractivity contribution in [2.45, 2.75) is 52.6 Å². The second-order valence-electron chi connectivity index (χ2n) is 5.62. The molecular formula is C13H22N2O2. The lowest BCUT2D eigenvalue weighted by atomic mass is 9.76. The van der Waals surface area contributed by atoms with Gasteiger partial charge in [-0.25, -0.2) is 0 Å². The Morgan fingerprint density at radius 2 is 2.00 bits per heavy atom. The summed E-state index contributed by atoms with van der Waals surface area (Å²) in [7, 11) is 0. The van der Waals surface area contributed by atoms with E-state index in [2.05, 4.69) is 31.0 Å². The van der Waals surface area contributed by atoms with E-state index in [1.54, 1.807) is 0 Å². The SMILES string of the molecule is CC(C)CO[C@H](C)c1nnc(C2CC(C)C2)o1. The summed E-state index contributed by atoms with van der Waals surface area (Å²) in [5, 5.41) is 8.20. The Bertz CT molecular complexity index is 356. The molecule has 0 bridgehead atoms. The van der Waals surface area contributed by atoms with E-state index in [0.29, 0.717) is 17.7 Å². The quantitative estimate of drug-likeness (QED) is 0.789. The molecule has 1 heterocycles. The number of aromatic nitrogens is 2. The van der Waals surface area contributed by atoms with E-state index >= 15 is 0 Å². The maximum atomic E-state index is 5.68. The minimum absolute atomic E-state index is 0.101. The van der Waals surface area contributed by atoms with Crippen molar-refractivity contribution in [2.75, 3.05) is 6.61 Å².